The van der Waals surface area contributed by atoms with Crippen molar-refractivity contribution in [3.05, 3.63) is 12.2 Å². The van der Waals surface area contributed by atoms with Gasteiger partial charge < -0.3 is 10.4 Å². The molecular weight excluding hydrogens is 162 g/mol. The first-order valence-corrected chi connectivity index (χ1v) is 5.25. The molecule has 0 saturated heterocycles. The Kier molecular flexibility index (Phi) is 3.94. The Labute approximate surface area is 81.0 Å². The molecule has 0 aliphatic heterocycles. The summed E-state index contributed by atoms with van der Waals surface area (Å²) in [6.07, 6.45) is 5.73. The predicted octanol–water partition coefficient (Wildman–Crippen LogP) is 1.85. The Morgan fingerprint density at radius 1 is 1.46 bits per heavy atom. The highest BCUT2D eigenvalue weighted by molar-refractivity contribution is 5.00. The van der Waals surface area contributed by atoms with Gasteiger partial charge in [-0.2, -0.15) is 0 Å². The Hall–Kier alpha value is -0.340. The molecule has 0 heterocycles. The van der Waals surface area contributed by atoms with E-state index in [9.17, 15) is 5.11 Å². The summed E-state index contributed by atoms with van der Waals surface area (Å²) in [5.41, 5.74) is 1.23. The second-order valence-corrected chi connectivity index (χ2v) is 4.10. The summed E-state index contributed by atoms with van der Waals surface area (Å²) in [4.78, 5) is 0. The smallest absolute Gasteiger partial charge is 0.0613 e. The Morgan fingerprint density at radius 2 is 2.08 bits per heavy atom. The Morgan fingerprint density at radius 3 is 2.54 bits per heavy atom. The molecule has 76 valence electrons. The van der Waals surface area contributed by atoms with Crippen LogP contribution in [0.25, 0.3) is 0 Å². The molecule has 1 aliphatic carbocycles. The Balaban J connectivity index is 2.35. The highest BCUT2D eigenvalue weighted by Crippen LogP contribution is 2.29. The minimum absolute atomic E-state index is 0.0120. The van der Waals surface area contributed by atoms with Crippen molar-refractivity contribution in [3.8, 4) is 0 Å². The molecule has 0 aromatic carbocycles. The summed E-state index contributed by atoms with van der Waals surface area (Å²) in [6.45, 7) is 7.20. The van der Waals surface area contributed by atoms with Gasteiger partial charge in [0, 0.05) is 12.1 Å². The van der Waals surface area contributed by atoms with Crippen LogP contribution in [0, 0.1) is 0 Å². The van der Waals surface area contributed by atoms with E-state index in [1.807, 2.05) is 0 Å². The van der Waals surface area contributed by atoms with E-state index in [0.29, 0.717) is 0 Å². The minimum Gasteiger partial charge on any atom is -0.394 e. The van der Waals surface area contributed by atoms with Crippen LogP contribution in [0.4, 0.5) is 0 Å². The lowest BCUT2D eigenvalue weighted by Gasteiger charge is -2.28. The minimum atomic E-state index is 0.0120. The van der Waals surface area contributed by atoms with Crippen LogP contribution < -0.4 is 5.32 Å². The first kappa shape index (κ1) is 10.7. The normalized spacial score (nSPS) is 20.5. The summed E-state index contributed by atoms with van der Waals surface area (Å²) in [5, 5.41) is 12.8. The van der Waals surface area contributed by atoms with Crippen molar-refractivity contribution >= 4 is 0 Å². The zero-order chi connectivity index (χ0) is 9.73. The van der Waals surface area contributed by atoms with E-state index in [-0.39, 0.29) is 12.1 Å². The van der Waals surface area contributed by atoms with Crippen LogP contribution in [-0.4, -0.2) is 23.8 Å². The molecule has 0 amide bonds. The molecule has 1 fully saturated rings. The highest BCUT2D eigenvalue weighted by Gasteiger charge is 2.32. The maximum absolute atomic E-state index is 9.31. The molecule has 1 aliphatic rings. The van der Waals surface area contributed by atoms with Crippen LogP contribution in [-0.2, 0) is 0 Å². The van der Waals surface area contributed by atoms with Gasteiger partial charge in [-0.3, -0.25) is 0 Å². The quantitative estimate of drug-likeness (QED) is 0.637. The summed E-state index contributed by atoms with van der Waals surface area (Å²) < 4.78 is 0. The van der Waals surface area contributed by atoms with E-state index in [1.54, 1.807) is 0 Å². The lowest BCUT2D eigenvalue weighted by molar-refractivity contribution is 0.167. The van der Waals surface area contributed by atoms with Gasteiger partial charge in [-0.15, -0.1) is 0 Å². The first-order valence-electron chi connectivity index (χ1n) is 5.25. The van der Waals surface area contributed by atoms with E-state index < -0.39 is 0 Å². The third-order valence-corrected chi connectivity index (χ3v) is 3.08. The average molecular weight is 183 g/mol. The van der Waals surface area contributed by atoms with Crippen molar-refractivity contribution in [2.45, 2.75) is 44.6 Å². The molecule has 0 aromatic heterocycles. The van der Waals surface area contributed by atoms with Crippen LogP contribution in [0.5, 0.6) is 0 Å². The first-order chi connectivity index (χ1) is 6.22. The van der Waals surface area contributed by atoms with Crippen molar-refractivity contribution in [1.82, 2.24) is 5.32 Å². The third-order valence-electron chi connectivity index (χ3n) is 3.08. The fourth-order valence-corrected chi connectivity index (χ4v) is 1.88. The monoisotopic (exact) mass is 183 g/mol. The molecule has 0 aromatic rings. The molecule has 0 radical (unpaired) electrons. The van der Waals surface area contributed by atoms with Gasteiger partial charge in [-0.05, 0) is 19.3 Å². The van der Waals surface area contributed by atoms with Gasteiger partial charge in [0.25, 0.3) is 0 Å². The molecule has 13 heavy (non-hydrogen) atoms. The van der Waals surface area contributed by atoms with Crippen LogP contribution in [0.3, 0.4) is 0 Å². The van der Waals surface area contributed by atoms with Gasteiger partial charge >= 0.3 is 0 Å². The van der Waals surface area contributed by atoms with Gasteiger partial charge in [-0.1, -0.05) is 31.9 Å². The number of aliphatic hydroxyl groups is 1. The van der Waals surface area contributed by atoms with Crippen molar-refractivity contribution in [2.24, 2.45) is 0 Å². The Bertz CT molecular complexity index is 171. The molecule has 0 bridgehead atoms. The SMILES string of the molecule is C=C(CC)CNC1(CO)CCCC1. The fourth-order valence-electron chi connectivity index (χ4n) is 1.88. The molecular formula is C11H21NO. The topological polar surface area (TPSA) is 32.3 Å². The molecule has 2 nitrogen and oxygen atoms in total. The molecule has 1 saturated carbocycles. The van der Waals surface area contributed by atoms with E-state index in [2.05, 4.69) is 18.8 Å². The van der Waals surface area contributed by atoms with Crippen LogP contribution in [0.1, 0.15) is 39.0 Å². The zero-order valence-corrected chi connectivity index (χ0v) is 8.60. The van der Waals surface area contributed by atoms with Gasteiger partial charge in [0.2, 0.25) is 0 Å². The largest absolute Gasteiger partial charge is 0.394 e. The van der Waals surface area contributed by atoms with Gasteiger partial charge in [0.05, 0.1) is 6.61 Å². The lowest BCUT2D eigenvalue weighted by Crippen LogP contribution is -2.46. The number of hydrogen-bond acceptors (Lipinski definition) is 2. The zero-order valence-electron chi connectivity index (χ0n) is 8.60. The van der Waals surface area contributed by atoms with Crippen molar-refractivity contribution in [3.63, 3.8) is 0 Å². The summed E-state index contributed by atoms with van der Waals surface area (Å²) in [6, 6.07) is 0. The van der Waals surface area contributed by atoms with Crippen LogP contribution in [0.15, 0.2) is 12.2 Å². The predicted molar refractivity (Wildman–Crippen MR) is 55.7 cm³/mol. The summed E-state index contributed by atoms with van der Waals surface area (Å²) >= 11 is 0. The maximum Gasteiger partial charge on any atom is 0.0613 e. The van der Waals surface area contributed by atoms with E-state index in [4.69, 9.17) is 0 Å². The standard InChI is InChI=1S/C11H21NO/c1-3-10(2)8-12-11(9-13)6-4-5-7-11/h12-13H,2-9H2,1H3. The van der Waals surface area contributed by atoms with Gasteiger partial charge in [0.15, 0.2) is 0 Å². The van der Waals surface area contributed by atoms with Crippen LogP contribution in [0.2, 0.25) is 0 Å². The molecule has 2 N–H and O–H groups in total. The van der Waals surface area contributed by atoms with Gasteiger partial charge in [0.1, 0.15) is 0 Å². The molecule has 1 rings (SSSR count). The van der Waals surface area contributed by atoms with Crippen molar-refractivity contribution < 1.29 is 5.11 Å². The number of nitrogens with one attached hydrogen (secondary N) is 1. The lowest BCUT2D eigenvalue weighted by atomic mass is 9.98. The second kappa shape index (κ2) is 4.77. The number of aliphatic hydroxyl groups excluding tert-OH is 1. The number of rotatable bonds is 5. The highest BCUT2D eigenvalue weighted by atomic mass is 16.3. The van der Waals surface area contributed by atoms with Gasteiger partial charge in [-0.25, -0.2) is 0 Å². The van der Waals surface area contributed by atoms with E-state index in [1.165, 1.54) is 18.4 Å². The number of hydrogen-bond donors (Lipinski definition) is 2. The van der Waals surface area contributed by atoms with Crippen LogP contribution >= 0.6 is 0 Å². The fraction of sp³-hybridized carbons (Fsp3) is 0.818. The van der Waals surface area contributed by atoms with Crippen molar-refractivity contribution in [1.29, 1.82) is 0 Å². The second-order valence-electron chi connectivity index (χ2n) is 4.10. The molecule has 0 unspecified atom stereocenters. The summed E-state index contributed by atoms with van der Waals surface area (Å²) in [5.74, 6) is 0. The molecule has 2 heteroatoms. The molecule has 0 spiro atoms. The van der Waals surface area contributed by atoms with Crippen molar-refractivity contribution in [2.75, 3.05) is 13.2 Å². The summed E-state index contributed by atoms with van der Waals surface area (Å²) in [7, 11) is 0. The van der Waals surface area contributed by atoms with E-state index in [0.717, 1.165) is 25.8 Å². The average Bonchev–Trinajstić information content (AvgIpc) is 2.63. The molecule has 0 atom stereocenters. The van der Waals surface area contributed by atoms with E-state index >= 15 is 0 Å². The maximum atomic E-state index is 9.31. The third kappa shape index (κ3) is 2.82.